The van der Waals surface area contributed by atoms with E-state index in [0.29, 0.717) is 6.54 Å². The van der Waals surface area contributed by atoms with Gasteiger partial charge in [-0.15, -0.1) is 0 Å². The topological polar surface area (TPSA) is 49.0 Å². The van der Waals surface area contributed by atoms with Crippen molar-refractivity contribution >= 4 is 0 Å². The molecule has 18 heavy (non-hydrogen) atoms. The number of nitriles is 1. The summed E-state index contributed by atoms with van der Waals surface area (Å²) in [5.74, 6) is 0.359. The molecular weight excluding hydrogens is 231 g/mol. The number of rotatable bonds is 4. The van der Waals surface area contributed by atoms with E-state index in [1.807, 2.05) is 25.1 Å². The molecular formula is C14H13FN2O. The van der Waals surface area contributed by atoms with Gasteiger partial charge in [0.25, 0.3) is 0 Å². The lowest BCUT2D eigenvalue weighted by Gasteiger charge is -2.11. The Balaban J connectivity index is 2.01. The quantitative estimate of drug-likeness (QED) is 0.898. The van der Waals surface area contributed by atoms with Gasteiger partial charge in [0.2, 0.25) is 0 Å². The third-order valence-electron chi connectivity index (χ3n) is 2.73. The van der Waals surface area contributed by atoms with Gasteiger partial charge >= 0.3 is 0 Å². The lowest BCUT2D eigenvalue weighted by molar-refractivity contribution is 0.430. The molecule has 0 saturated heterocycles. The third-order valence-corrected chi connectivity index (χ3v) is 2.73. The predicted molar refractivity (Wildman–Crippen MR) is 65.1 cm³/mol. The van der Waals surface area contributed by atoms with Gasteiger partial charge in [-0.05, 0) is 36.8 Å². The fourth-order valence-electron chi connectivity index (χ4n) is 1.68. The molecule has 0 radical (unpaired) electrons. The van der Waals surface area contributed by atoms with Crippen LogP contribution in [0.1, 0.15) is 29.9 Å². The van der Waals surface area contributed by atoms with Crippen LogP contribution in [-0.4, -0.2) is 0 Å². The van der Waals surface area contributed by atoms with E-state index in [9.17, 15) is 4.39 Å². The van der Waals surface area contributed by atoms with Crippen molar-refractivity contribution in [2.75, 3.05) is 0 Å². The molecule has 0 aliphatic carbocycles. The van der Waals surface area contributed by atoms with Gasteiger partial charge in [-0.25, -0.2) is 4.39 Å². The number of halogens is 1. The average Bonchev–Trinajstić information content (AvgIpc) is 2.91. The van der Waals surface area contributed by atoms with Crippen molar-refractivity contribution in [1.82, 2.24) is 5.32 Å². The van der Waals surface area contributed by atoms with E-state index in [-0.39, 0.29) is 11.6 Å². The predicted octanol–water partition coefficient (Wildman–Crippen LogP) is 3.14. The normalized spacial score (nSPS) is 12.1. The molecule has 0 bridgehead atoms. The van der Waals surface area contributed by atoms with Crippen LogP contribution in [0.4, 0.5) is 4.39 Å². The lowest BCUT2D eigenvalue weighted by Crippen LogP contribution is -2.17. The Morgan fingerprint density at radius 1 is 1.44 bits per heavy atom. The van der Waals surface area contributed by atoms with Crippen LogP contribution >= 0.6 is 0 Å². The molecule has 0 aliphatic heterocycles. The Kier molecular flexibility index (Phi) is 3.75. The van der Waals surface area contributed by atoms with E-state index >= 15 is 0 Å². The van der Waals surface area contributed by atoms with E-state index in [1.54, 1.807) is 18.4 Å². The maximum Gasteiger partial charge on any atom is 0.140 e. The number of nitrogens with zero attached hydrogens (tertiary/aromatic N) is 1. The van der Waals surface area contributed by atoms with E-state index in [0.717, 1.165) is 11.3 Å². The van der Waals surface area contributed by atoms with Crippen LogP contribution in [0.2, 0.25) is 0 Å². The van der Waals surface area contributed by atoms with Crippen LogP contribution in [0.15, 0.2) is 41.0 Å². The second kappa shape index (κ2) is 5.48. The van der Waals surface area contributed by atoms with Gasteiger partial charge in [0.1, 0.15) is 17.6 Å². The Bertz CT molecular complexity index is 558. The molecule has 1 unspecified atom stereocenters. The summed E-state index contributed by atoms with van der Waals surface area (Å²) < 4.78 is 18.4. The molecule has 1 N–H and O–H groups in total. The molecule has 3 nitrogen and oxygen atoms in total. The smallest absolute Gasteiger partial charge is 0.140 e. The summed E-state index contributed by atoms with van der Waals surface area (Å²) in [6, 6.07) is 10.1. The second-order valence-corrected chi connectivity index (χ2v) is 4.04. The van der Waals surface area contributed by atoms with E-state index in [2.05, 4.69) is 5.32 Å². The number of benzene rings is 1. The van der Waals surface area contributed by atoms with Gasteiger partial charge in [-0.3, -0.25) is 0 Å². The molecule has 0 saturated carbocycles. The van der Waals surface area contributed by atoms with Crippen LogP contribution in [-0.2, 0) is 6.54 Å². The molecule has 92 valence electrons. The maximum atomic E-state index is 13.1. The van der Waals surface area contributed by atoms with Gasteiger partial charge in [-0.1, -0.05) is 6.07 Å². The standard InChI is InChI=1S/C14H13FN2O/c1-10(14-3-2-6-18-14)17-9-11-4-5-13(15)12(7-11)8-16/h2-7,10,17H,9H2,1H3. The highest BCUT2D eigenvalue weighted by molar-refractivity contribution is 5.34. The van der Waals surface area contributed by atoms with Crippen LogP contribution in [0.25, 0.3) is 0 Å². The highest BCUT2D eigenvalue weighted by atomic mass is 19.1. The molecule has 4 heteroatoms. The first-order chi connectivity index (χ1) is 8.70. The molecule has 0 fully saturated rings. The van der Waals surface area contributed by atoms with Crippen molar-refractivity contribution in [1.29, 1.82) is 5.26 Å². The van der Waals surface area contributed by atoms with Crippen molar-refractivity contribution in [2.45, 2.75) is 19.5 Å². The van der Waals surface area contributed by atoms with Crippen molar-refractivity contribution in [3.05, 3.63) is 59.3 Å². The zero-order valence-corrected chi connectivity index (χ0v) is 9.98. The summed E-state index contributed by atoms with van der Waals surface area (Å²) in [4.78, 5) is 0. The highest BCUT2D eigenvalue weighted by Crippen LogP contribution is 2.14. The first-order valence-corrected chi connectivity index (χ1v) is 5.66. The number of nitrogens with one attached hydrogen (secondary N) is 1. The monoisotopic (exact) mass is 244 g/mol. The lowest BCUT2D eigenvalue weighted by atomic mass is 10.1. The molecule has 1 aromatic heterocycles. The Hall–Kier alpha value is -2.12. The zero-order valence-electron chi connectivity index (χ0n) is 9.98. The zero-order chi connectivity index (χ0) is 13.0. The first kappa shape index (κ1) is 12.3. The largest absolute Gasteiger partial charge is 0.468 e. The SMILES string of the molecule is CC(NCc1ccc(F)c(C#N)c1)c1ccco1. The minimum Gasteiger partial charge on any atom is -0.468 e. The Labute approximate surface area is 105 Å². The van der Waals surface area contributed by atoms with Gasteiger partial charge in [0.15, 0.2) is 0 Å². The second-order valence-electron chi connectivity index (χ2n) is 4.04. The van der Waals surface area contributed by atoms with Crippen molar-refractivity contribution in [3.8, 4) is 6.07 Å². The molecule has 1 aromatic carbocycles. The molecule has 1 heterocycles. The summed E-state index contributed by atoms with van der Waals surface area (Å²) in [6.07, 6.45) is 1.62. The molecule has 1 atom stereocenters. The van der Waals surface area contributed by atoms with Crippen molar-refractivity contribution in [3.63, 3.8) is 0 Å². The van der Waals surface area contributed by atoms with Crippen LogP contribution < -0.4 is 5.32 Å². The van der Waals surface area contributed by atoms with Crippen LogP contribution in [0, 0.1) is 17.1 Å². The Morgan fingerprint density at radius 3 is 2.94 bits per heavy atom. The van der Waals surface area contributed by atoms with E-state index < -0.39 is 5.82 Å². The highest BCUT2D eigenvalue weighted by Gasteiger charge is 2.08. The summed E-state index contributed by atoms with van der Waals surface area (Å²) in [7, 11) is 0. The van der Waals surface area contributed by atoms with Crippen molar-refractivity contribution < 1.29 is 8.81 Å². The molecule has 2 rings (SSSR count). The molecule has 0 aliphatic rings. The van der Waals surface area contributed by atoms with Gasteiger partial charge in [0.05, 0.1) is 17.9 Å². The van der Waals surface area contributed by atoms with E-state index in [1.165, 1.54) is 6.07 Å². The number of furan rings is 1. The average molecular weight is 244 g/mol. The van der Waals surface area contributed by atoms with Crippen LogP contribution in [0.3, 0.4) is 0 Å². The summed E-state index contributed by atoms with van der Waals surface area (Å²) >= 11 is 0. The molecule has 0 amide bonds. The number of hydrogen-bond donors (Lipinski definition) is 1. The third kappa shape index (κ3) is 2.76. The fourth-order valence-corrected chi connectivity index (χ4v) is 1.68. The van der Waals surface area contributed by atoms with E-state index in [4.69, 9.17) is 9.68 Å². The fraction of sp³-hybridized carbons (Fsp3) is 0.214. The minimum atomic E-state index is -0.486. The first-order valence-electron chi connectivity index (χ1n) is 5.66. The molecule has 0 spiro atoms. The number of hydrogen-bond acceptors (Lipinski definition) is 3. The van der Waals surface area contributed by atoms with Gasteiger partial charge in [-0.2, -0.15) is 5.26 Å². The maximum absolute atomic E-state index is 13.1. The Morgan fingerprint density at radius 2 is 2.28 bits per heavy atom. The van der Waals surface area contributed by atoms with Gasteiger partial charge < -0.3 is 9.73 Å². The summed E-state index contributed by atoms with van der Waals surface area (Å²) in [5, 5.41) is 12.0. The van der Waals surface area contributed by atoms with Crippen LogP contribution in [0.5, 0.6) is 0 Å². The summed E-state index contributed by atoms with van der Waals surface area (Å²) in [6.45, 7) is 2.53. The minimum absolute atomic E-state index is 0.0654. The molecule has 2 aromatic rings. The van der Waals surface area contributed by atoms with Gasteiger partial charge in [0, 0.05) is 6.54 Å². The summed E-state index contributed by atoms with van der Waals surface area (Å²) in [5.41, 5.74) is 0.936. The van der Waals surface area contributed by atoms with Crippen molar-refractivity contribution in [2.24, 2.45) is 0 Å².